The molecule has 1 aliphatic rings. The summed E-state index contributed by atoms with van der Waals surface area (Å²) in [7, 11) is 0. The fourth-order valence-corrected chi connectivity index (χ4v) is 4.07. The minimum Gasteiger partial charge on any atom is -0.481 e. The quantitative estimate of drug-likeness (QED) is 0.869. The van der Waals surface area contributed by atoms with Crippen LogP contribution in [0.15, 0.2) is 0 Å². The number of anilines is 1. The number of aliphatic carboxylic acids is 1. The fraction of sp³-hybridized carbons (Fsp3) is 0.750. The zero-order valence-electron chi connectivity index (χ0n) is 13.4. The van der Waals surface area contributed by atoms with Gasteiger partial charge in [-0.05, 0) is 31.1 Å². The highest BCUT2D eigenvalue weighted by molar-refractivity contribution is 7.15. The van der Waals surface area contributed by atoms with Crippen LogP contribution in [0.3, 0.4) is 0 Å². The zero-order valence-corrected chi connectivity index (χ0v) is 14.2. The van der Waals surface area contributed by atoms with Gasteiger partial charge in [0.1, 0.15) is 5.92 Å². The molecule has 2 rings (SSSR count). The van der Waals surface area contributed by atoms with E-state index in [1.54, 1.807) is 11.3 Å². The van der Waals surface area contributed by atoms with Crippen LogP contribution in [0.2, 0.25) is 0 Å². The first kappa shape index (κ1) is 16.3. The van der Waals surface area contributed by atoms with E-state index in [0.29, 0.717) is 11.8 Å². The van der Waals surface area contributed by atoms with Gasteiger partial charge in [-0.25, -0.2) is 4.98 Å². The summed E-state index contributed by atoms with van der Waals surface area (Å²) in [5.74, 6) is 0.00525. The predicted molar refractivity (Wildman–Crippen MR) is 87.3 cm³/mol. The summed E-state index contributed by atoms with van der Waals surface area (Å²) in [5, 5.41) is 10.4. The molecule has 0 bridgehead atoms. The molecule has 1 aromatic rings. The maximum absolute atomic E-state index is 11.4. The maximum Gasteiger partial charge on any atom is 0.312 e. The Morgan fingerprint density at radius 2 is 1.95 bits per heavy atom. The van der Waals surface area contributed by atoms with E-state index in [0.717, 1.165) is 43.2 Å². The van der Waals surface area contributed by atoms with Crippen LogP contribution in [0.25, 0.3) is 0 Å². The van der Waals surface area contributed by atoms with E-state index in [4.69, 9.17) is 4.98 Å². The third-order valence-corrected chi connectivity index (χ3v) is 4.87. The lowest BCUT2D eigenvalue weighted by atomic mass is 9.91. The Labute approximate surface area is 131 Å². The van der Waals surface area contributed by atoms with E-state index in [1.165, 1.54) is 4.88 Å². The zero-order chi connectivity index (χ0) is 15.6. The van der Waals surface area contributed by atoms with Crippen molar-refractivity contribution >= 4 is 22.4 Å². The van der Waals surface area contributed by atoms with Crippen LogP contribution in [-0.2, 0) is 11.2 Å². The summed E-state index contributed by atoms with van der Waals surface area (Å²) in [6.07, 6.45) is 2.66. The van der Waals surface area contributed by atoms with Crippen LogP contribution in [0, 0.1) is 11.8 Å². The molecule has 0 saturated carbocycles. The number of hydrogen-bond donors (Lipinski definition) is 1. The molecular weight excluding hydrogens is 284 g/mol. The van der Waals surface area contributed by atoms with Crippen LogP contribution < -0.4 is 4.90 Å². The summed E-state index contributed by atoms with van der Waals surface area (Å²) in [5.41, 5.74) is 0.825. The number of carboxylic acids is 1. The highest BCUT2D eigenvalue weighted by atomic mass is 32.1. The van der Waals surface area contributed by atoms with Crippen molar-refractivity contribution in [2.24, 2.45) is 11.8 Å². The van der Waals surface area contributed by atoms with Gasteiger partial charge in [0, 0.05) is 18.0 Å². The normalized spacial score (nSPS) is 18.1. The number of aromatic nitrogens is 1. The second-order valence-electron chi connectivity index (χ2n) is 6.78. The van der Waals surface area contributed by atoms with Crippen molar-refractivity contribution in [3.05, 3.63) is 10.6 Å². The van der Waals surface area contributed by atoms with E-state index in [2.05, 4.69) is 32.6 Å². The first-order chi connectivity index (χ1) is 9.88. The molecule has 0 aromatic carbocycles. The van der Waals surface area contributed by atoms with Gasteiger partial charge in [0.25, 0.3) is 0 Å². The number of fused-ring (bicyclic) bond motifs is 1. The molecule has 4 nitrogen and oxygen atoms in total. The standard InChI is InChI=1S/C16H26N2O2S/c1-10(2)8-18(9-11(3)4)16-17-14-12(15(19)20)6-5-7-13(14)21-16/h10-12H,5-9H2,1-4H3,(H,19,20). The van der Waals surface area contributed by atoms with Gasteiger partial charge in [0.2, 0.25) is 0 Å². The molecule has 21 heavy (non-hydrogen) atoms. The Morgan fingerprint density at radius 1 is 1.33 bits per heavy atom. The van der Waals surface area contributed by atoms with E-state index >= 15 is 0 Å². The summed E-state index contributed by atoms with van der Waals surface area (Å²) >= 11 is 1.70. The average molecular weight is 310 g/mol. The van der Waals surface area contributed by atoms with Gasteiger partial charge < -0.3 is 10.0 Å². The minimum atomic E-state index is -0.730. The molecule has 1 unspecified atom stereocenters. The molecule has 1 heterocycles. The summed E-state index contributed by atoms with van der Waals surface area (Å²) in [6.45, 7) is 10.8. The Hall–Kier alpha value is -1.10. The molecule has 0 radical (unpaired) electrons. The van der Waals surface area contributed by atoms with Gasteiger partial charge in [-0.15, -0.1) is 11.3 Å². The second-order valence-corrected chi connectivity index (χ2v) is 7.84. The molecule has 1 N–H and O–H groups in total. The van der Waals surface area contributed by atoms with Crippen molar-refractivity contribution in [1.29, 1.82) is 0 Å². The Bertz CT molecular complexity index is 486. The number of nitrogens with zero attached hydrogens (tertiary/aromatic N) is 2. The SMILES string of the molecule is CC(C)CN(CC(C)C)c1nc2c(s1)CCCC2C(=O)O. The predicted octanol–water partition coefficient (Wildman–Crippen LogP) is 3.77. The van der Waals surface area contributed by atoms with Crippen LogP contribution in [-0.4, -0.2) is 29.1 Å². The molecule has 0 amide bonds. The van der Waals surface area contributed by atoms with Crippen molar-refractivity contribution < 1.29 is 9.90 Å². The highest BCUT2D eigenvalue weighted by Gasteiger charge is 2.31. The smallest absolute Gasteiger partial charge is 0.312 e. The first-order valence-corrected chi connectivity index (χ1v) is 8.67. The molecule has 118 valence electrons. The van der Waals surface area contributed by atoms with Gasteiger partial charge >= 0.3 is 5.97 Å². The lowest BCUT2D eigenvalue weighted by Crippen LogP contribution is -2.31. The van der Waals surface area contributed by atoms with E-state index in [9.17, 15) is 9.90 Å². The molecule has 0 fully saturated rings. The summed E-state index contributed by atoms with van der Waals surface area (Å²) in [6, 6.07) is 0. The van der Waals surface area contributed by atoms with E-state index < -0.39 is 11.9 Å². The van der Waals surface area contributed by atoms with Crippen LogP contribution in [0.5, 0.6) is 0 Å². The monoisotopic (exact) mass is 310 g/mol. The number of thiazole rings is 1. The van der Waals surface area contributed by atoms with Crippen molar-refractivity contribution in [3.63, 3.8) is 0 Å². The van der Waals surface area contributed by atoms with Gasteiger partial charge in [0.05, 0.1) is 5.69 Å². The van der Waals surface area contributed by atoms with Crippen LogP contribution >= 0.6 is 11.3 Å². The largest absolute Gasteiger partial charge is 0.481 e. The van der Waals surface area contributed by atoms with E-state index in [1.807, 2.05) is 0 Å². The Morgan fingerprint density at radius 3 is 2.48 bits per heavy atom. The third kappa shape index (κ3) is 3.96. The Kier molecular flexibility index (Phi) is 5.25. The third-order valence-electron chi connectivity index (χ3n) is 3.68. The van der Waals surface area contributed by atoms with Crippen LogP contribution in [0.1, 0.15) is 57.0 Å². The van der Waals surface area contributed by atoms with Gasteiger partial charge in [-0.1, -0.05) is 27.7 Å². The van der Waals surface area contributed by atoms with Crippen molar-refractivity contribution in [1.82, 2.24) is 4.98 Å². The van der Waals surface area contributed by atoms with E-state index in [-0.39, 0.29) is 0 Å². The molecule has 5 heteroatoms. The van der Waals surface area contributed by atoms with Gasteiger partial charge in [-0.2, -0.15) is 0 Å². The molecule has 1 aliphatic carbocycles. The van der Waals surface area contributed by atoms with Crippen molar-refractivity contribution in [2.75, 3.05) is 18.0 Å². The lowest BCUT2D eigenvalue weighted by Gasteiger charge is -2.25. The maximum atomic E-state index is 11.4. The fourth-order valence-electron chi connectivity index (χ4n) is 2.89. The lowest BCUT2D eigenvalue weighted by molar-refractivity contribution is -0.139. The number of carboxylic acid groups (broad SMARTS) is 1. The van der Waals surface area contributed by atoms with Crippen molar-refractivity contribution in [2.45, 2.75) is 52.9 Å². The Balaban J connectivity index is 2.28. The number of hydrogen-bond acceptors (Lipinski definition) is 4. The number of rotatable bonds is 6. The van der Waals surface area contributed by atoms with Crippen LogP contribution in [0.4, 0.5) is 5.13 Å². The number of carbonyl (C=O) groups is 1. The first-order valence-electron chi connectivity index (χ1n) is 7.85. The highest BCUT2D eigenvalue weighted by Crippen LogP contribution is 2.38. The summed E-state index contributed by atoms with van der Waals surface area (Å²) in [4.78, 5) is 19.6. The molecule has 0 aliphatic heterocycles. The summed E-state index contributed by atoms with van der Waals surface area (Å²) < 4.78 is 0. The van der Waals surface area contributed by atoms with Crippen molar-refractivity contribution in [3.8, 4) is 0 Å². The molecule has 1 atom stereocenters. The minimum absolute atomic E-state index is 0.404. The topological polar surface area (TPSA) is 53.4 Å². The average Bonchev–Trinajstić information content (AvgIpc) is 2.79. The molecular formula is C16H26N2O2S. The molecule has 0 spiro atoms. The second kappa shape index (κ2) is 6.77. The van der Waals surface area contributed by atoms with Gasteiger partial charge in [-0.3, -0.25) is 4.79 Å². The molecule has 0 saturated heterocycles. The number of aryl methyl sites for hydroxylation is 1. The molecule has 1 aromatic heterocycles. The van der Waals surface area contributed by atoms with Gasteiger partial charge in [0.15, 0.2) is 5.13 Å².